The van der Waals surface area contributed by atoms with E-state index in [4.69, 9.17) is 5.11 Å². The number of amides is 1. The van der Waals surface area contributed by atoms with E-state index in [0.717, 1.165) is 43.9 Å². The van der Waals surface area contributed by atoms with Gasteiger partial charge in [0.1, 0.15) is 5.82 Å². The lowest BCUT2D eigenvalue weighted by atomic mass is 9.99. The fraction of sp³-hybridized carbons (Fsp3) is 0.250. The zero-order chi connectivity index (χ0) is 15.7. The van der Waals surface area contributed by atoms with E-state index in [-0.39, 0.29) is 11.3 Å². The van der Waals surface area contributed by atoms with E-state index in [1.807, 2.05) is 6.07 Å². The number of aromatic carboxylic acids is 1. The maximum Gasteiger partial charge on any atom is 0.335 e. The highest BCUT2D eigenvalue weighted by atomic mass is 32.1. The Kier molecular flexibility index (Phi) is 3.94. The second kappa shape index (κ2) is 5.88. The van der Waals surface area contributed by atoms with E-state index in [9.17, 15) is 14.0 Å². The third kappa shape index (κ3) is 2.87. The average molecular weight is 319 g/mol. The number of fused-ring (bicyclic) bond motifs is 1. The molecule has 2 N–H and O–H groups in total. The topological polar surface area (TPSA) is 66.4 Å². The number of carboxylic acids is 1. The van der Waals surface area contributed by atoms with Crippen LogP contribution in [0.4, 0.5) is 10.1 Å². The van der Waals surface area contributed by atoms with Crippen molar-refractivity contribution in [1.29, 1.82) is 0 Å². The fourth-order valence-electron chi connectivity index (χ4n) is 2.54. The van der Waals surface area contributed by atoms with Gasteiger partial charge in [-0.3, -0.25) is 4.79 Å². The molecule has 0 radical (unpaired) electrons. The van der Waals surface area contributed by atoms with E-state index < -0.39 is 17.7 Å². The van der Waals surface area contributed by atoms with Gasteiger partial charge in [-0.05, 0) is 55.5 Å². The van der Waals surface area contributed by atoms with Crippen LogP contribution in [0.15, 0.2) is 24.3 Å². The van der Waals surface area contributed by atoms with Crippen LogP contribution in [0.5, 0.6) is 0 Å². The lowest BCUT2D eigenvalue weighted by Crippen LogP contribution is -2.12. The quantitative estimate of drug-likeness (QED) is 0.906. The molecule has 0 spiro atoms. The minimum Gasteiger partial charge on any atom is -0.478 e. The zero-order valence-corrected chi connectivity index (χ0v) is 12.5. The summed E-state index contributed by atoms with van der Waals surface area (Å²) in [6, 6.07) is 5.19. The first-order valence-corrected chi connectivity index (χ1v) is 7.82. The lowest BCUT2D eigenvalue weighted by molar-refractivity contribution is 0.0696. The Labute approximate surface area is 130 Å². The third-order valence-electron chi connectivity index (χ3n) is 3.68. The zero-order valence-electron chi connectivity index (χ0n) is 11.7. The fourth-order valence-corrected chi connectivity index (χ4v) is 3.69. The number of rotatable bonds is 3. The van der Waals surface area contributed by atoms with Gasteiger partial charge in [0.15, 0.2) is 0 Å². The van der Waals surface area contributed by atoms with Crippen LogP contribution >= 0.6 is 11.3 Å². The number of carbonyl (C=O) groups is 2. The van der Waals surface area contributed by atoms with E-state index in [1.165, 1.54) is 21.8 Å². The molecule has 0 saturated heterocycles. The normalized spacial score (nSPS) is 13.5. The number of carbonyl (C=O) groups excluding carboxylic acids is 1. The van der Waals surface area contributed by atoms with Gasteiger partial charge in [0, 0.05) is 4.88 Å². The largest absolute Gasteiger partial charge is 0.478 e. The Morgan fingerprint density at radius 2 is 1.95 bits per heavy atom. The summed E-state index contributed by atoms with van der Waals surface area (Å²) in [5.74, 6) is -2.22. The predicted molar refractivity (Wildman–Crippen MR) is 82.3 cm³/mol. The monoisotopic (exact) mass is 319 g/mol. The Morgan fingerprint density at radius 3 is 2.68 bits per heavy atom. The standard InChI is InChI=1S/C16H14FNO3S/c17-11-6-5-10(16(20)21)7-12(11)18-15(19)14-8-9-3-1-2-4-13(9)22-14/h5-8H,1-4H2,(H,18,19)(H,20,21). The predicted octanol–water partition coefficient (Wildman–Crippen LogP) is 3.72. The number of nitrogens with one attached hydrogen (secondary N) is 1. The molecular formula is C16H14FNO3S. The molecule has 0 saturated carbocycles. The smallest absolute Gasteiger partial charge is 0.335 e. The van der Waals surface area contributed by atoms with Crippen molar-refractivity contribution in [3.05, 3.63) is 51.0 Å². The molecule has 1 aliphatic rings. The highest BCUT2D eigenvalue weighted by molar-refractivity contribution is 7.14. The van der Waals surface area contributed by atoms with Crippen LogP contribution in [0, 0.1) is 5.82 Å². The number of halogens is 1. The SMILES string of the molecule is O=C(O)c1ccc(F)c(NC(=O)c2cc3c(s2)CCCC3)c1. The molecule has 0 atom stereocenters. The van der Waals surface area contributed by atoms with Gasteiger partial charge in [0.2, 0.25) is 0 Å². The first kappa shape index (κ1) is 14.7. The Bertz CT molecular complexity index is 730. The summed E-state index contributed by atoms with van der Waals surface area (Å²) < 4.78 is 13.7. The van der Waals surface area contributed by atoms with E-state index in [1.54, 1.807) is 0 Å². The molecule has 0 unspecified atom stereocenters. The molecular weight excluding hydrogens is 305 g/mol. The van der Waals surface area contributed by atoms with Crippen LogP contribution in [-0.2, 0) is 12.8 Å². The van der Waals surface area contributed by atoms with Crippen LogP contribution in [0.25, 0.3) is 0 Å². The van der Waals surface area contributed by atoms with Gasteiger partial charge in [-0.2, -0.15) is 0 Å². The molecule has 0 fully saturated rings. The van der Waals surface area contributed by atoms with Crippen molar-refractivity contribution >= 4 is 28.9 Å². The molecule has 3 rings (SSSR count). The molecule has 22 heavy (non-hydrogen) atoms. The number of hydrogen-bond acceptors (Lipinski definition) is 3. The molecule has 114 valence electrons. The molecule has 2 aromatic rings. The van der Waals surface area contributed by atoms with Gasteiger partial charge in [-0.25, -0.2) is 9.18 Å². The Hall–Kier alpha value is -2.21. The van der Waals surface area contributed by atoms with Gasteiger partial charge in [0.25, 0.3) is 5.91 Å². The first-order chi connectivity index (χ1) is 10.5. The van der Waals surface area contributed by atoms with Crippen LogP contribution in [0.2, 0.25) is 0 Å². The molecule has 1 amide bonds. The lowest BCUT2D eigenvalue weighted by Gasteiger charge is -2.08. The van der Waals surface area contributed by atoms with Crippen molar-refractivity contribution in [2.75, 3.05) is 5.32 Å². The number of benzene rings is 1. The molecule has 1 heterocycles. The van der Waals surface area contributed by atoms with Crippen molar-refractivity contribution in [2.24, 2.45) is 0 Å². The third-order valence-corrected chi connectivity index (χ3v) is 4.92. The Morgan fingerprint density at radius 1 is 1.18 bits per heavy atom. The highest BCUT2D eigenvalue weighted by Crippen LogP contribution is 2.30. The van der Waals surface area contributed by atoms with E-state index in [2.05, 4.69) is 5.32 Å². The number of thiophene rings is 1. The second-order valence-corrected chi connectivity index (χ2v) is 6.36. The summed E-state index contributed by atoms with van der Waals surface area (Å²) in [6.45, 7) is 0. The number of carboxylic acid groups (broad SMARTS) is 1. The van der Waals surface area contributed by atoms with Gasteiger partial charge in [-0.15, -0.1) is 11.3 Å². The average Bonchev–Trinajstić information content (AvgIpc) is 2.93. The maximum atomic E-state index is 13.7. The molecule has 1 aromatic carbocycles. The van der Waals surface area contributed by atoms with Gasteiger partial charge in [-0.1, -0.05) is 0 Å². The minimum absolute atomic E-state index is 0.0674. The van der Waals surface area contributed by atoms with Gasteiger partial charge >= 0.3 is 5.97 Å². The van der Waals surface area contributed by atoms with Crippen LogP contribution in [-0.4, -0.2) is 17.0 Å². The molecule has 6 heteroatoms. The van der Waals surface area contributed by atoms with Crippen molar-refractivity contribution in [2.45, 2.75) is 25.7 Å². The summed E-state index contributed by atoms with van der Waals surface area (Å²) in [4.78, 5) is 24.9. The minimum atomic E-state index is -1.16. The van der Waals surface area contributed by atoms with E-state index >= 15 is 0 Å². The summed E-state index contributed by atoms with van der Waals surface area (Å²) in [6.07, 6.45) is 4.21. The molecule has 4 nitrogen and oxygen atoms in total. The van der Waals surface area contributed by atoms with Crippen LogP contribution < -0.4 is 5.32 Å². The summed E-state index contributed by atoms with van der Waals surface area (Å²) in [5, 5.41) is 11.4. The Balaban J connectivity index is 1.83. The summed E-state index contributed by atoms with van der Waals surface area (Å²) >= 11 is 1.43. The van der Waals surface area contributed by atoms with Crippen LogP contribution in [0.3, 0.4) is 0 Å². The molecule has 1 aliphatic carbocycles. The van der Waals surface area contributed by atoms with Crippen molar-refractivity contribution in [3.63, 3.8) is 0 Å². The second-order valence-electron chi connectivity index (χ2n) is 5.22. The van der Waals surface area contributed by atoms with Crippen LogP contribution in [0.1, 0.15) is 43.3 Å². The number of hydrogen-bond donors (Lipinski definition) is 2. The van der Waals surface area contributed by atoms with E-state index in [0.29, 0.717) is 4.88 Å². The highest BCUT2D eigenvalue weighted by Gasteiger charge is 2.18. The summed E-state index contributed by atoms with van der Waals surface area (Å²) in [7, 11) is 0. The van der Waals surface area contributed by atoms with Gasteiger partial charge in [0.05, 0.1) is 16.1 Å². The number of anilines is 1. The molecule has 1 aromatic heterocycles. The van der Waals surface area contributed by atoms with Crippen molar-refractivity contribution in [3.8, 4) is 0 Å². The summed E-state index contributed by atoms with van der Waals surface area (Å²) in [5.41, 5.74) is 1.01. The first-order valence-electron chi connectivity index (χ1n) is 7.00. The van der Waals surface area contributed by atoms with Gasteiger partial charge < -0.3 is 10.4 Å². The molecule has 0 bridgehead atoms. The van der Waals surface area contributed by atoms with Crippen molar-refractivity contribution in [1.82, 2.24) is 0 Å². The maximum absolute atomic E-state index is 13.7. The van der Waals surface area contributed by atoms with Crippen molar-refractivity contribution < 1.29 is 19.1 Å². The number of aryl methyl sites for hydroxylation is 2. The molecule has 0 aliphatic heterocycles.